The molecule has 4 rings (SSSR count). The second-order valence-electron chi connectivity index (χ2n) is 6.54. The van der Waals surface area contributed by atoms with Crippen molar-refractivity contribution in [1.82, 2.24) is 5.32 Å². The van der Waals surface area contributed by atoms with Crippen molar-refractivity contribution < 1.29 is 23.2 Å². The lowest BCUT2D eigenvalue weighted by molar-refractivity contribution is -0.136. The first kappa shape index (κ1) is 16.4. The minimum absolute atomic E-state index is 0.0181. The zero-order chi connectivity index (χ0) is 18.3. The highest BCUT2D eigenvalue weighted by molar-refractivity contribution is 6.04. The minimum atomic E-state index is -0.557. The van der Waals surface area contributed by atoms with Gasteiger partial charge in [-0.3, -0.25) is 4.79 Å². The first-order valence-corrected chi connectivity index (χ1v) is 8.49. The zero-order valence-electron chi connectivity index (χ0n) is 14.6. The molecule has 0 spiro atoms. The van der Waals surface area contributed by atoms with E-state index in [9.17, 15) is 9.59 Å². The number of ether oxygens (including phenoxy) is 1. The van der Waals surface area contributed by atoms with E-state index in [0.717, 1.165) is 11.5 Å². The van der Waals surface area contributed by atoms with Gasteiger partial charge in [-0.1, -0.05) is 0 Å². The average molecular weight is 353 g/mol. The molecule has 2 atom stereocenters. The molecule has 0 bridgehead atoms. The summed E-state index contributed by atoms with van der Waals surface area (Å²) < 4.78 is 16.0. The number of hydrogen-bond acceptors (Lipinski definition) is 6. The van der Waals surface area contributed by atoms with E-state index in [2.05, 4.69) is 5.32 Å². The third-order valence-electron chi connectivity index (χ3n) is 5.01. The molecule has 1 aliphatic heterocycles. The SMILES string of the molecule is COC(=O)C1=C(C)NC2=C(C(=O)C[C@@H](c3ccco3)C2)[C@@H]1c1ccco1. The van der Waals surface area contributed by atoms with Gasteiger partial charge < -0.3 is 18.9 Å². The molecule has 26 heavy (non-hydrogen) atoms. The molecule has 0 saturated carbocycles. The van der Waals surface area contributed by atoms with Gasteiger partial charge in [0.05, 0.1) is 31.1 Å². The number of carbonyl (C=O) groups is 2. The summed E-state index contributed by atoms with van der Waals surface area (Å²) in [5.74, 6) is 0.289. The Morgan fingerprint density at radius 2 is 1.85 bits per heavy atom. The molecule has 0 radical (unpaired) electrons. The lowest BCUT2D eigenvalue weighted by Crippen LogP contribution is -2.35. The van der Waals surface area contributed by atoms with E-state index in [1.165, 1.54) is 7.11 Å². The number of esters is 1. The Bertz CT molecular complexity index is 902. The monoisotopic (exact) mass is 353 g/mol. The number of furan rings is 2. The quantitative estimate of drug-likeness (QED) is 0.852. The van der Waals surface area contributed by atoms with Crippen molar-refractivity contribution in [2.45, 2.75) is 31.6 Å². The molecule has 0 saturated heterocycles. The van der Waals surface area contributed by atoms with Crippen LogP contribution in [0.3, 0.4) is 0 Å². The van der Waals surface area contributed by atoms with Crippen molar-refractivity contribution in [3.63, 3.8) is 0 Å². The fourth-order valence-electron chi connectivity index (χ4n) is 3.88. The van der Waals surface area contributed by atoms with Gasteiger partial charge in [-0.15, -0.1) is 0 Å². The summed E-state index contributed by atoms with van der Waals surface area (Å²) in [5.41, 5.74) is 2.47. The second-order valence-corrected chi connectivity index (χ2v) is 6.54. The maximum Gasteiger partial charge on any atom is 0.336 e. The predicted octanol–water partition coefficient (Wildman–Crippen LogP) is 3.41. The first-order valence-electron chi connectivity index (χ1n) is 8.49. The molecule has 0 fully saturated rings. The van der Waals surface area contributed by atoms with E-state index in [1.54, 1.807) is 24.7 Å². The summed E-state index contributed by atoms with van der Waals surface area (Å²) >= 11 is 0. The van der Waals surface area contributed by atoms with Gasteiger partial charge in [-0.25, -0.2) is 4.79 Å². The number of methoxy groups -OCH3 is 1. The molecule has 0 amide bonds. The van der Waals surface area contributed by atoms with Crippen molar-refractivity contribution in [1.29, 1.82) is 0 Å². The Hall–Kier alpha value is -3.02. The van der Waals surface area contributed by atoms with Gasteiger partial charge in [0.15, 0.2) is 5.78 Å². The Labute approximate surface area is 150 Å². The fraction of sp³-hybridized carbons (Fsp3) is 0.300. The summed E-state index contributed by atoms with van der Waals surface area (Å²) in [6.07, 6.45) is 4.13. The summed E-state index contributed by atoms with van der Waals surface area (Å²) in [5, 5.41) is 3.25. The highest BCUT2D eigenvalue weighted by Gasteiger charge is 2.42. The van der Waals surface area contributed by atoms with Crippen molar-refractivity contribution in [2.24, 2.45) is 0 Å². The number of rotatable bonds is 3. The molecule has 1 N–H and O–H groups in total. The van der Waals surface area contributed by atoms with Gasteiger partial charge in [-0.05, 0) is 37.6 Å². The van der Waals surface area contributed by atoms with Crippen LogP contribution in [-0.4, -0.2) is 18.9 Å². The Kier molecular flexibility index (Phi) is 4.03. The number of hydrogen-bond donors (Lipinski definition) is 1. The van der Waals surface area contributed by atoms with E-state index in [1.807, 2.05) is 19.1 Å². The molecule has 2 aliphatic rings. The van der Waals surface area contributed by atoms with Crippen LogP contribution in [-0.2, 0) is 14.3 Å². The molecule has 134 valence electrons. The molecular weight excluding hydrogens is 334 g/mol. The maximum absolute atomic E-state index is 13.0. The lowest BCUT2D eigenvalue weighted by Gasteiger charge is -2.35. The van der Waals surface area contributed by atoms with Crippen LogP contribution in [0.5, 0.6) is 0 Å². The summed E-state index contributed by atoms with van der Waals surface area (Å²) in [4.78, 5) is 25.5. The van der Waals surface area contributed by atoms with Gasteiger partial charge >= 0.3 is 5.97 Å². The van der Waals surface area contributed by atoms with Crippen LogP contribution >= 0.6 is 0 Å². The molecule has 2 aromatic heterocycles. The van der Waals surface area contributed by atoms with Crippen LogP contribution in [0.2, 0.25) is 0 Å². The number of dihydropyridines is 1. The van der Waals surface area contributed by atoms with Gasteiger partial charge in [0.1, 0.15) is 11.5 Å². The number of Topliss-reactive ketones (excluding diaryl/α,β-unsaturated/α-hetero) is 1. The molecule has 0 unspecified atom stereocenters. The number of allylic oxidation sites excluding steroid dienone is 3. The minimum Gasteiger partial charge on any atom is -0.469 e. The maximum atomic E-state index is 13.0. The van der Waals surface area contributed by atoms with Crippen molar-refractivity contribution >= 4 is 11.8 Å². The number of ketones is 1. The van der Waals surface area contributed by atoms with Crippen LogP contribution in [0.25, 0.3) is 0 Å². The smallest absolute Gasteiger partial charge is 0.336 e. The largest absolute Gasteiger partial charge is 0.469 e. The molecule has 6 heteroatoms. The molecule has 2 aromatic rings. The van der Waals surface area contributed by atoms with Crippen LogP contribution in [0.4, 0.5) is 0 Å². The van der Waals surface area contributed by atoms with Crippen LogP contribution in [0.15, 0.2) is 68.2 Å². The third kappa shape index (κ3) is 2.58. The Balaban J connectivity index is 1.80. The Morgan fingerprint density at radius 1 is 1.15 bits per heavy atom. The van der Waals surface area contributed by atoms with E-state index in [-0.39, 0.29) is 11.7 Å². The molecule has 1 aliphatic carbocycles. The molecular formula is C20H19NO5. The van der Waals surface area contributed by atoms with E-state index in [0.29, 0.717) is 35.4 Å². The van der Waals surface area contributed by atoms with Crippen LogP contribution < -0.4 is 5.32 Å². The second kappa shape index (κ2) is 6.37. The van der Waals surface area contributed by atoms with Crippen molar-refractivity contribution in [2.75, 3.05) is 7.11 Å². The topological polar surface area (TPSA) is 81.7 Å². The van der Waals surface area contributed by atoms with E-state index < -0.39 is 11.9 Å². The van der Waals surface area contributed by atoms with Crippen LogP contribution in [0.1, 0.15) is 43.1 Å². The van der Waals surface area contributed by atoms with Crippen molar-refractivity contribution in [3.8, 4) is 0 Å². The summed E-state index contributed by atoms with van der Waals surface area (Å²) in [6.45, 7) is 1.81. The highest BCUT2D eigenvalue weighted by atomic mass is 16.5. The predicted molar refractivity (Wildman–Crippen MR) is 92.0 cm³/mol. The van der Waals surface area contributed by atoms with Gasteiger partial charge in [-0.2, -0.15) is 0 Å². The fourth-order valence-corrected chi connectivity index (χ4v) is 3.88. The van der Waals surface area contributed by atoms with Gasteiger partial charge in [0.25, 0.3) is 0 Å². The standard InChI is InChI=1S/C20H19NO5/c1-11-17(20(23)24-2)19(16-6-4-8-26-16)18-13(21-11)9-12(10-14(18)22)15-5-3-7-25-15/h3-8,12,19,21H,9-10H2,1-2H3/t12-,19+/m0/s1. The third-order valence-corrected chi connectivity index (χ3v) is 5.01. The van der Waals surface area contributed by atoms with Crippen molar-refractivity contribution in [3.05, 3.63) is 70.9 Å². The van der Waals surface area contributed by atoms with Gasteiger partial charge in [0, 0.05) is 29.3 Å². The molecule has 6 nitrogen and oxygen atoms in total. The molecule has 3 heterocycles. The van der Waals surface area contributed by atoms with Crippen LogP contribution in [0, 0.1) is 0 Å². The van der Waals surface area contributed by atoms with Gasteiger partial charge in [0.2, 0.25) is 0 Å². The van der Waals surface area contributed by atoms with E-state index >= 15 is 0 Å². The Morgan fingerprint density at radius 3 is 2.46 bits per heavy atom. The summed E-state index contributed by atoms with van der Waals surface area (Å²) in [6, 6.07) is 7.24. The first-order chi connectivity index (χ1) is 12.6. The summed E-state index contributed by atoms with van der Waals surface area (Å²) in [7, 11) is 1.33. The normalized spacial score (nSPS) is 22.9. The average Bonchev–Trinajstić information content (AvgIpc) is 3.33. The molecule has 0 aromatic carbocycles. The zero-order valence-corrected chi connectivity index (χ0v) is 14.6. The lowest BCUT2D eigenvalue weighted by atomic mass is 9.74. The number of nitrogens with one attached hydrogen (secondary N) is 1. The number of carbonyl (C=O) groups excluding carboxylic acids is 2. The van der Waals surface area contributed by atoms with E-state index in [4.69, 9.17) is 13.6 Å². The highest BCUT2D eigenvalue weighted by Crippen LogP contribution is 2.45.